The Hall–Kier alpha value is -2.90. The van der Waals surface area contributed by atoms with E-state index >= 15 is 0 Å². The Kier molecular flexibility index (Phi) is 7.21. The smallest absolute Gasteiger partial charge is 0.272 e. The molecular formula is C21H17BrClN3O3. The summed E-state index contributed by atoms with van der Waals surface area (Å²) in [5.74, 6) is 0.730. The predicted molar refractivity (Wildman–Crippen MR) is 116 cm³/mol. The van der Waals surface area contributed by atoms with Crippen molar-refractivity contribution in [2.45, 2.75) is 6.61 Å². The van der Waals surface area contributed by atoms with Gasteiger partial charge < -0.3 is 9.47 Å². The third-order valence-electron chi connectivity index (χ3n) is 3.92. The maximum atomic E-state index is 12.0. The number of aromatic nitrogens is 1. The van der Waals surface area contributed by atoms with Crippen LogP contribution in [0.5, 0.6) is 11.5 Å². The minimum absolute atomic E-state index is 0.303. The molecule has 1 heterocycles. The zero-order valence-electron chi connectivity index (χ0n) is 15.4. The largest absolute Gasteiger partial charge is 0.493 e. The van der Waals surface area contributed by atoms with E-state index in [-0.39, 0.29) is 5.91 Å². The van der Waals surface area contributed by atoms with E-state index in [1.165, 1.54) is 12.4 Å². The van der Waals surface area contributed by atoms with Crippen molar-refractivity contribution in [3.05, 3.63) is 87.1 Å². The summed E-state index contributed by atoms with van der Waals surface area (Å²) >= 11 is 9.66. The number of halogens is 2. The van der Waals surface area contributed by atoms with Gasteiger partial charge in [0.15, 0.2) is 11.5 Å². The van der Waals surface area contributed by atoms with Crippen LogP contribution in [0.25, 0.3) is 0 Å². The van der Waals surface area contributed by atoms with Crippen LogP contribution < -0.4 is 14.9 Å². The number of pyridine rings is 1. The molecule has 0 atom stereocenters. The molecule has 6 nitrogen and oxygen atoms in total. The van der Waals surface area contributed by atoms with Crippen LogP contribution in [0.1, 0.15) is 21.5 Å². The number of amides is 1. The van der Waals surface area contributed by atoms with Crippen LogP contribution in [0.4, 0.5) is 0 Å². The van der Waals surface area contributed by atoms with E-state index in [2.05, 4.69) is 31.4 Å². The van der Waals surface area contributed by atoms with Gasteiger partial charge in [0.2, 0.25) is 0 Å². The molecule has 3 aromatic rings. The SMILES string of the molecule is COc1cc(C=NNC(=O)c2cccnc2)c(Br)cc1OCc1ccccc1Cl. The topological polar surface area (TPSA) is 72.8 Å². The summed E-state index contributed by atoms with van der Waals surface area (Å²) in [5, 5.41) is 4.63. The Balaban J connectivity index is 1.70. The third-order valence-corrected chi connectivity index (χ3v) is 4.97. The number of nitrogens with one attached hydrogen (secondary N) is 1. The van der Waals surface area contributed by atoms with Crippen LogP contribution in [0.3, 0.4) is 0 Å². The first-order valence-corrected chi connectivity index (χ1v) is 9.72. The van der Waals surface area contributed by atoms with Crippen molar-refractivity contribution in [3.63, 3.8) is 0 Å². The van der Waals surface area contributed by atoms with Gasteiger partial charge in [-0.1, -0.05) is 29.8 Å². The molecule has 1 amide bonds. The molecule has 0 bridgehead atoms. The van der Waals surface area contributed by atoms with Crippen molar-refractivity contribution in [1.29, 1.82) is 0 Å². The van der Waals surface area contributed by atoms with Gasteiger partial charge in [0.1, 0.15) is 6.61 Å². The maximum Gasteiger partial charge on any atom is 0.272 e. The Morgan fingerprint density at radius 1 is 1.24 bits per heavy atom. The summed E-state index contributed by atoms with van der Waals surface area (Å²) < 4.78 is 12.0. The number of rotatable bonds is 7. The molecule has 8 heteroatoms. The average Bonchev–Trinajstić information content (AvgIpc) is 2.75. The highest BCUT2D eigenvalue weighted by Crippen LogP contribution is 2.33. The van der Waals surface area contributed by atoms with Crippen molar-refractivity contribution >= 4 is 39.7 Å². The molecule has 0 aliphatic carbocycles. The molecule has 0 unspecified atom stereocenters. The number of benzene rings is 2. The zero-order chi connectivity index (χ0) is 20.6. The highest BCUT2D eigenvalue weighted by molar-refractivity contribution is 9.10. The number of carbonyl (C=O) groups is 1. The highest BCUT2D eigenvalue weighted by atomic mass is 79.9. The quantitative estimate of drug-likeness (QED) is 0.392. The number of methoxy groups -OCH3 is 1. The Bertz CT molecular complexity index is 1030. The summed E-state index contributed by atoms with van der Waals surface area (Å²) in [7, 11) is 1.55. The maximum absolute atomic E-state index is 12.0. The zero-order valence-corrected chi connectivity index (χ0v) is 17.8. The van der Waals surface area contributed by atoms with E-state index in [4.69, 9.17) is 21.1 Å². The molecule has 0 saturated carbocycles. The fourth-order valence-corrected chi connectivity index (χ4v) is 3.03. The molecule has 0 aliphatic rings. The van der Waals surface area contributed by atoms with E-state index in [0.717, 1.165) is 10.0 Å². The Labute approximate surface area is 181 Å². The lowest BCUT2D eigenvalue weighted by Gasteiger charge is -2.13. The molecule has 0 fully saturated rings. The molecule has 29 heavy (non-hydrogen) atoms. The molecule has 1 aromatic heterocycles. The van der Waals surface area contributed by atoms with Gasteiger partial charge in [-0.3, -0.25) is 9.78 Å². The van der Waals surface area contributed by atoms with Crippen molar-refractivity contribution in [1.82, 2.24) is 10.4 Å². The molecular weight excluding hydrogens is 458 g/mol. The number of hydrogen-bond donors (Lipinski definition) is 1. The highest BCUT2D eigenvalue weighted by Gasteiger charge is 2.11. The van der Waals surface area contributed by atoms with Crippen LogP contribution in [0, 0.1) is 0 Å². The Morgan fingerprint density at radius 2 is 2.07 bits per heavy atom. The van der Waals surface area contributed by atoms with Crippen molar-refractivity contribution in [2.24, 2.45) is 5.10 Å². The van der Waals surface area contributed by atoms with Gasteiger partial charge in [0.05, 0.1) is 18.9 Å². The standard InChI is InChI=1S/C21H17BrClN3O3/c1-28-19-9-16(12-25-26-21(27)14-6-4-8-24-11-14)17(22)10-20(19)29-13-15-5-2-3-7-18(15)23/h2-12H,13H2,1H3,(H,26,27). The van der Waals surface area contributed by atoms with Gasteiger partial charge in [-0.05, 0) is 46.3 Å². The van der Waals surface area contributed by atoms with E-state index in [1.807, 2.05) is 24.3 Å². The minimum atomic E-state index is -0.350. The predicted octanol–water partition coefficient (Wildman–Crippen LogP) is 4.85. The lowest BCUT2D eigenvalue weighted by Crippen LogP contribution is -2.17. The molecule has 0 saturated heterocycles. The lowest BCUT2D eigenvalue weighted by atomic mass is 10.2. The summed E-state index contributed by atoms with van der Waals surface area (Å²) in [6, 6.07) is 14.3. The summed E-state index contributed by atoms with van der Waals surface area (Å²) in [6.45, 7) is 0.303. The van der Waals surface area contributed by atoms with Gasteiger partial charge in [-0.15, -0.1) is 0 Å². The first-order valence-electron chi connectivity index (χ1n) is 8.55. The van der Waals surface area contributed by atoms with Crippen LogP contribution in [-0.2, 0) is 6.61 Å². The van der Waals surface area contributed by atoms with Crippen molar-refractivity contribution in [3.8, 4) is 11.5 Å². The first-order chi connectivity index (χ1) is 14.1. The van der Waals surface area contributed by atoms with E-state index in [9.17, 15) is 4.79 Å². The number of nitrogens with zero attached hydrogens (tertiary/aromatic N) is 2. The fourth-order valence-electron chi connectivity index (χ4n) is 2.42. The van der Waals surface area contributed by atoms with Crippen LogP contribution in [-0.4, -0.2) is 24.2 Å². The molecule has 1 N–H and O–H groups in total. The molecule has 0 spiro atoms. The third kappa shape index (κ3) is 5.56. The molecule has 0 aliphatic heterocycles. The Morgan fingerprint density at radius 3 is 2.79 bits per heavy atom. The summed E-state index contributed by atoms with van der Waals surface area (Å²) in [6.07, 6.45) is 4.58. The minimum Gasteiger partial charge on any atom is -0.493 e. The summed E-state index contributed by atoms with van der Waals surface area (Å²) in [4.78, 5) is 15.9. The average molecular weight is 475 g/mol. The summed E-state index contributed by atoms with van der Waals surface area (Å²) in [5.41, 5.74) is 4.46. The monoisotopic (exact) mass is 473 g/mol. The number of hydrogen-bond acceptors (Lipinski definition) is 5. The van der Waals surface area contributed by atoms with Crippen LogP contribution in [0.15, 0.2) is 70.5 Å². The van der Waals surface area contributed by atoms with Crippen molar-refractivity contribution in [2.75, 3.05) is 7.11 Å². The number of hydrazone groups is 1. The normalized spacial score (nSPS) is 10.7. The van der Waals surface area contributed by atoms with E-state index in [0.29, 0.717) is 34.3 Å². The van der Waals surface area contributed by atoms with Crippen molar-refractivity contribution < 1.29 is 14.3 Å². The second-order valence-electron chi connectivity index (χ2n) is 5.85. The van der Waals surface area contributed by atoms with Gasteiger partial charge in [-0.2, -0.15) is 5.10 Å². The van der Waals surface area contributed by atoms with Gasteiger partial charge in [0.25, 0.3) is 5.91 Å². The molecule has 3 rings (SSSR count). The van der Waals surface area contributed by atoms with E-state index < -0.39 is 0 Å². The van der Waals surface area contributed by atoms with Crippen LogP contribution in [0.2, 0.25) is 5.02 Å². The fraction of sp³-hybridized carbons (Fsp3) is 0.0952. The van der Waals surface area contributed by atoms with Crippen LogP contribution >= 0.6 is 27.5 Å². The van der Waals surface area contributed by atoms with Gasteiger partial charge in [-0.25, -0.2) is 5.43 Å². The number of ether oxygens (including phenoxy) is 2. The first kappa shape index (κ1) is 20.8. The molecule has 148 valence electrons. The second-order valence-corrected chi connectivity index (χ2v) is 7.11. The number of carbonyl (C=O) groups excluding carboxylic acids is 1. The molecule has 0 radical (unpaired) electrons. The molecule has 2 aromatic carbocycles. The van der Waals surface area contributed by atoms with E-state index in [1.54, 1.807) is 37.6 Å². The van der Waals surface area contributed by atoms with Gasteiger partial charge in [0, 0.05) is 33.0 Å². The second kappa shape index (κ2) is 10.0. The van der Waals surface area contributed by atoms with Gasteiger partial charge >= 0.3 is 0 Å². The lowest BCUT2D eigenvalue weighted by molar-refractivity contribution is 0.0955.